The fraction of sp³-hybridized carbons (Fsp3) is 0.833. The van der Waals surface area contributed by atoms with Crippen LogP contribution in [0.5, 0.6) is 0 Å². The first-order valence-electron chi connectivity index (χ1n) is 6.40. The van der Waals surface area contributed by atoms with E-state index in [9.17, 15) is 0 Å². The van der Waals surface area contributed by atoms with E-state index in [1.54, 1.807) is 0 Å². The van der Waals surface area contributed by atoms with Crippen LogP contribution in [-0.2, 0) is 6.42 Å². The van der Waals surface area contributed by atoms with E-state index in [2.05, 4.69) is 21.3 Å². The third-order valence-electron chi connectivity index (χ3n) is 3.24. The number of nitrogens with zero attached hydrogens (tertiary/aromatic N) is 3. The third kappa shape index (κ3) is 3.22. The molecule has 1 atom stereocenters. The number of aromatic nitrogens is 2. The van der Waals surface area contributed by atoms with Gasteiger partial charge in [-0.25, -0.2) is 0 Å². The number of likely N-dealkylation sites (tertiary alicyclic amines) is 1. The van der Waals surface area contributed by atoms with E-state index >= 15 is 0 Å². The van der Waals surface area contributed by atoms with E-state index < -0.39 is 0 Å². The summed E-state index contributed by atoms with van der Waals surface area (Å²) in [5.41, 5.74) is 0. The van der Waals surface area contributed by atoms with Crippen molar-refractivity contribution in [2.24, 2.45) is 0 Å². The highest BCUT2D eigenvalue weighted by Crippen LogP contribution is 2.30. The highest BCUT2D eigenvalue weighted by Gasteiger charge is 2.29. The van der Waals surface area contributed by atoms with E-state index in [-0.39, 0.29) is 0 Å². The van der Waals surface area contributed by atoms with Gasteiger partial charge in [0.1, 0.15) is 0 Å². The molecule has 1 saturated heterocycles. The molecular formula is C12H21N3OS. The zero-order chi connectivity index (χ0) is 12.1. The van der Waals surface area contributed by atoms with Gasteiger partial charge in [-0.15, -0.1) is 0 Å². The zero-order valence-corrected chi connectivity index (χ0v) is 11.5. The molecule has 0 bridgehead atoms. The Kier molecular flexibility index (Phi) is 4.86. The SMILES string of the molecule is CCc1nc(C2CCCN2CCCSC)no1. The van der Waals surface area contributed by atoms with Gasteiger partial charge in [-0.3, -0.25) is 4.90 Å². The lowest BCUT2D eigenvalue weighted by atomic mass is 10.2. The molecule has 0 N–H and O–H groups in total. The number of aryl methyl sites for hydroxylation is 1. The molecule has 2 heterocycles. The van der Waals surface area contributed by atoms with Crippen LogP contribution in [0.2, 0.25) is 0 Å². The lowest BCUT2D eigenvalue weighted by Crippen LogP contribution is -2.25. The van der Waals surface area contributed by atoms with Crippen LogP contribution >= 0.6 is 11.8 Å². The first-order valence-corrected chi connectivity index (χ1v) is 7.80. The molecule has 1 aromatic heterocycles. The molecule has 0 spiro atoms. The fourth-order valence-corrected chi connectivity index (χ4v) is 2.76. The van der Waals surface area contributed by atoms with Gasteiger partial charge in [-0.05, 0) is 44.4 Å². The van der Waals surface area contributed by atoms with Crippen LogP contribution in [0.1, 0.15) is 43.9 Å². The molecule has 0 radical (unpaired) electrons. The fourth-order valence-electron chi connectivity index (χ4n) is 2.35. The van der Waals surface area contributed by atoms with Crippen molar-refractivity contribution in [2.75, 3.05) is 25.1 Å². The van der Waals surface area contributed by atoms with Crippen molar-refractivity contribution in [3.8, 4) is 0 Å². The second-order valence-corrected chi connectivity index (χ2v) is 5.43. The summed E-state index contributed by atoms with van der Waals surface area (Å²) in [5, 5.41) is 4.11. The van der Waals surface area contributed by atoms with Crippen molar-refractivity contribution in [1.29, 1.82) is 0 Å². The number of hydrogen-bond acceptors (Lipinski definition) is 5. The summed E-state index contributed by atoms with van der Waals surface area (Å²) in [4.78, 5) is 6.97. The summed E-state index contributed by atoms with van der Waals surface area (Å²) in [7, 11) is 0. The molecule has 1 aliphatic rings. The first-order chi connectivity index (χ1) is 8.35. The van der Waals surface area contributed by atoms with Gasteiger partial charge in [0.25, 0.3) is 0 Å². The highest BCUT2D eigenvalue weighted by molar-refractivity contribution is 7.98. The number of thioether (sulfide) groups is 1. The molecule has 1 fully saturated rings. The molecule has 0 amide bonds. The average Bonchev–Trinajstić information content (AvgIpc) is 2.96. The summed E-state index contributed by atoms with van der Waals surface area (Å²) >= 11 is 1.91. The van der Waals surface area contributed by atoms with Gasteiger partial charge >= 0.3 is 0 Å². The molecule has 17 heavy (non-hydrogen) atoms. The maximum atomic E-state index is 5.21. The Morgan fingerprint density at radius 3 is 3.12 bits per heavy atom. The minimum Gasteiger partial charge on any atom is -0.339 e. The normalized spacial score (nSPS) is 21.2. The molecule has 2 rings (SSSR count). The van der Waals surface area contributed by atoms with Gasteiger partial charge in [-0.2, -0.15) is 16.7 Å². The Balaban J connectivity index is 1.94. The van der Waals surface area contributed by atoms with E-state index in [4.69, 9.17) is 4.52 Å². The van der Waals surface area contributed by atoms with E-state index in [1.807, 2.05) is 18.7 Å². The Morgan fingerprint density at radius 2 is 2.41 bits per heavy atom. The van der Waals surface area contributed by atoms with Crippen LogP contribution in [0.3, 0.4) is 0 Å². The topological polar surface area (TPSA) is 42.2 Å². The van der Waals surface area contributed by atoms with Gasteiger partial charge < -0.3 is 4.52 Å². The third-order valence-corrected chi connectivity index (χ3v) is 3.94. The van der Waals surface area contributed by atoms with Crippen molar-refractivity contribution < 1.29 is 4.52 Å². The van der Waals surface area contributed by atoms with Crippen molar-refractivity contribution in [3.63, 3.8) is 0 Å². The molecule has 0 aromatic carbocycles. The monoisotopic (exact) mass is 255 g/mol. The Labute approximate surface area is 107 Å². The molecule has 96 valence electrons. The zero-order valence-electron chi connectivity index (χ0n) is 10.7. The lowest BCUT2D eigenvalue weighted by molar-refractivity contribution is 0.243. The van der Waals surface area contributed by atoms with Crippen molar-refractivity contribution >= 4 is 11.8 Å². The van der Waals surface area contributed by atoms with Crippen LogP contribution in [0.15, 0.2) is 4.52 Å². The predicted octanol–water partition coefficient (Wildman–Crippen LogP) is 2.52. The van der Waals surface area contributed by atoms with Crippen LogP contribution in [0.25, 0.3) is 0 Å². The highest BCUT2D eigenvalue weighted by atomic mass is 32.2. The van der Waals surface area contributed by atoms with Crippen LogP contribution in [0.4, 0.5) is 0 Å². The van der Waals surface area contributed by atoms with Crippen LogP contribution < -0.4 is 0 Å². The second kappa shape index (κ2) is 6.40. The smallest absolute Gasteiger partial charge is 0.226 e. The minimum atomic E-state index is 0.390. The second-order valence-electron chi connectivity index (χ2n) is 4.44. The first kappa shape index (κ1) is 12.9. The standard InChI is InChI=1S/C12H21N3OS/c1-3-11-13-12(14-16-11)10-6-4-7-15(10)8-5-9-17-2/h10H,3-9H2,1-2H3. The Hall–Kier alpha value is -0.550. The number of rotatable bonds is 6. The van der Waals surface area contributed by atoms with Crippen LogP contribution in [-0.4, -0.2) is 40.1 Å². The van der Waals surface area contributed by atoms with E-state index in [1.165, 1.54) is 31.6 Å². The molecule has 5 heteroatoms. The maximum absolute atomic E-state index is 5.21. The molecule has 1 aromatic rings. The average molecular weight is 255 g/mol. The quantitative estimate of drug-likeness (QED) is 0.731. The van der Waals surface area contributed by atoms with Gasteiger partial charge in [0.2, 0.25) is 5.89 Å². The predicted molar refractivity (Wildman–Crippen MR) is 70.2 cm³/mol. The van der Waals surface area contributed by atoms with Crippen molar-refractivity contribution in [2.45, 2.75) is 38.6 Å². The van der Waals surface area contributed by atoms with Gasteiger partial charge in [-0.1, -0.05) is 12.1 Å². The van der Waals surface area contributed by atoms with Crippen molar-refractivity contribution in [3.05, 3.63) is 11.7 Å². The van der Waals surface area contributed by atoms with Crippen molar-refractivity contribution in [1.82, 2.24) is 15.0 Å². The molecule has 0 aliphatic carbocycles. The Morgan fingerprint density at radius 1 is 1.53 bits per heavy atom. The summed E-state index contributed by atoms with van der Waals surface area (Å²) in [5.74, 6) is 2.88. The number of hydrogen-bond donors (Lipinski definition) is 0. The summed E-state index contributed by atoms with van der Waals surface area (Å²) in [6.45, 7) is 4.37. The van der Waals surface area contributed by atoms with Gasteiger partial charge in [0.05, 0.1) is 6.04 Å². The minimum absolute atomic E-state index is 0.390. The molecule has 1 aliphatic heterocycles. The molecule has 1 unspecified atom stereocenters. The van der Waals surface area contributed by atoms with Gasteiger partial charge in [0.15, 0.2) is 5.82 Å². The van der Waals surface area contributed by atoms with Gasteiger partial charge in [0, 0.05) is 6.42 Å². The van der Waals surface area contributed by atoms with Crippen LogP contribution in [0, 0.1) is 0 Å². The summed E-state index contributed by atoms with van der Waals surface area (Å²) in [6, 6.07) is 0.390. The molecular weight excluding hydrogens is 234 g/mol. The lowest BCUT2D eigenvalue weighted by Gasteiger charge is -2.21. The van der Waals surface area contributed by atoms with E-state index in [0.717, 1.165) is 24.7 Å². The Bertz CT molecular complexity index is 342. The molecule has 0 saturated carbocycles. The molecule has 4 nitrogen and oxygen atoms in total. The summed E-state index contributed by atoms with van der Waals surface area (Å²) < 4.78 is 5.21. The maximum Gasteiger partial charge on any atom is 0.226 e. The summed E-state index contributed by atoms with van der Waals surface area (Å²) in [6.07, 6.45) is 6.65. The largest absolute Gasteiger partial charge is 0.339 e. The van der Waals surface area contributed by atoms with E-state index in [0.29, 0.717) is 6.04 Å².